The minimum Gasteiger partial charge on any atom is -0.462 e. The highest BCUT2D eigenvalue weighted by Gasteiger charge is 1.92. The zero-order valence-electron chi connectivity index (χ0n) is 10.5. The number of carbonyl (C=O) groups is 1. The predicted octanol–water partition coefficient (Wildman–Crippen LogP) is 2.21. The molecule has 0 aromatic carbocycles. The van der Waals surface area contributed by atoms with Crippen LogP contribution in [-0.2, 0) is 9.53 Å². The Morgan fingerprint density at radius 3 is 2.82 bits per heavy atom. The lowest BCUT2D eigenvalue weighted by Crippen LogP contribution is -1.99. The lowest BCUT2D eigenvalue weighted by atomic mass is 10.2. The molecule has 0 aromatic rings. The Kier molecular flexibility index (Phi) is 10.0. The number of hydrogen-bond acceptors (Lipinski definition) is 3. The fourth-order valence-electron chi connectivity index (χ4n) is 1.07. The molecule has 0 aliphatic rings. The summed E-state index contributed by atoms with van der Waals surface area (Å²) in [5.74, 6) is 5.08. The summed E-state index contributed by atoms with van der Waals surface area (Å²) in [5, 5.41) is 9.38. The van der Waals surface area contributed by atoms with E-state index in [0.29, 0.717) is 6.61 Å². The van der Waals surface area contributed by atoms with E-state index in [-0.39, 0.29) is 0 Å². The van der Waals surface area contributed by atoms with Gasteiger partial charge in [0.15, 0.2) is 0 Å². The highest BCUT2D eigenvalue weighted by atomic mass is 16.5. The second kappa shape index (κ2) is 11.0. The zero-order chi connectivity index (χ0) is 12.9. The highest BCUT2D eigenvalue weighted by molar-refractivity contribution is 5.81. The van der Waals surface area contributed by atoms with E-state index >= 15 is 0 Å². The molecule has 0 saturated carbocycles. The fraction of sp³-hybridized carbons (Fsp3) is 0.571. The minimum atomic E-state index is -0.873. The van der Waals surface area contributed by atoms with Crippen LogP contribution in [-0.4, -0.2) is 23.8 Å². The number of carbonyl (C=O) groups excluding carboxylic acids is 1. The van der Waals surface area contributed by atoms with Gasteiger partial charge in [-0.25, -0.2) is 4.79 Å². The molecule has 0 aromatic heterocycles. The SMILES string of the molecule is CCCCCC#CC(O)C=C=CC(=O)OCC. The van der Waals surface area contributed by atoms with Crippen LogP contribution in [0, 0.1) is 11.8 Å². The molecule has 1 atom stereocenters. The van der Waals surface area contributed by atoms with E-state index in [4.69, 9.17) is 0 Å². The average molecular weight is 236 g/mol. The Morgan fingerprint density at radius 1 is 1.41 bits per heavy atom. The molecule has 0 aliphatic carbocycles. The van der Waals surface area contributed by atoms with E-state index in [1.807, 2.05) is 0 Å². The standard InChI is InChI=1S/C14H20O3/c1-3-5-6-7-8-10-13(15)11-9-12-14(16)17-4-2/h11-13,15H,3-7H2,1-2H3. The van der Waals surface area contributed by atoms with Crippen LogP contribution in [0.1, 0.15) is 39.5 Å². The Hall–Kier alpha value is -1.49. The van der Waals surface area contributed by atoms with Crippen LogP contribution in [0.25, 0.3) is 0 Å². The summed E-state index contributed by atoms with van der Waals surface area (Å²) in [4.78, 5) is 10.9. The first-order valence-electron chi connectivity index (χ1n) is 5.96. The summed E-state index contributed by atoms with van der Waals surface area (Å²) >= 11 is 0. The Balaban J connectivity index is 3.94. The number of aliphatic hydroxyl groups excluding tert-OH is 1. The number of rotatable bonds is 6. The minimum absolute atomic E-state index is 0.330. The molecule has 0 radical (unpaired) electrons. The molecule has 0 heterocycles. The third kappa shape index (κ3) is 10.8. The maximum absolute atomic E-state index is 10.9. The number of aliphatic hydroxyl groups is 1. The summed E-state index contributed by atoms with van der Waals surface area (Å²) in [5.41, 5.74) is 2.54. The van der Waals surface area contributed by atoms with Crippen molar-refractivity contribution in [2.24, 2.45) is 0 Å². The Morgan fingerprint density at radius 2 is 2.18 bits per heavy atom. The van der Waals surface area contributed by atoms with Crippen LogP contribution < -0.4 is 0 Å². The molecular weight excluding hydrogens is 216 g/mol. The van der Waals surface area contributed by atoms with Crippen molar-refractivity contribution in [1.82, 2.24) is 0 Å². The molecule has 0 amide bonds. The van der Waals surface area contributed by atoms with Crippen molar-refractivity contribution in [2.75, 3.05) is 6.61 Å². The molecule has 0 spiro atoms. The monoisotopic (exact) mass is 236 g/mol. The van der Waals surface area contributed by atoms with Crippen LogP contribution in [0.15, 0.2) is 17.9 Å². The summed E-state index contributed by atoms with van der Waals surface area (Å²) in [7, 11) is 0. The second-order valence-corrected chi connectivity index (χ2v) is 3.45. The van der Waals surface area contributed by atoms with Crippen molar-refractivity contribution in [1.29, 1.82) is 0 Å². The predicted molar refractivity (Wildman–Crippen MR) is 67.2 cm³/mol. The van der Waals surface area contributed by atoms with Gasteiger partial charge in [-0.05, 0) is 19.4 Å². The smallest absolute Gasteiger partial charge is 0.338 e. The van der Waals surface area contributed by atoms with Gasteiger partial charge in [-0.15, -0.1) is 11.7 Å². The molecular formula is C14H20O3. The van der Waals surface area contributed by atoms with Crippen molar-refractivity contribution in [3.05, 3.63) is 17.9 Å². The molecule has 0 rings (SSSR count). The molecule has 0 fully saturated rings. The topological polar surface area (TPSA) is 46.5 Å². The quantitative estimate of drug-likeness (QED) is 0.253. The Bertz CT molecular complexity index is 327. The number of ether oxygens (including phenoxy) is 1. The van der Waals surface area contributed by atoms with Crippen molar-refractivity contribution in [2.45, 2.75) is 45.6 Å². The van der Waals surface area contributed by atoms with Gasteiger partial charge in [-0.3, -0.25) is 0 Å². The van der Waals surface area contributed by atoms with Gasteiger partial charge in [0.2, 0.25) is 0 Å². The second-order valence-electron chi connectivity index (χ2n) is 3.45. The van der Waals surface area contributed by atoms with Gasteiger partial charge in [0.25, 0.3) is 0 Å². The van der Waals surface area contributed by atoms with Crippen molar-refractivity contribution >= 4 is 5.97 Å². The molecule has 0 bridgehead atoms. The first-order valence-corrected chi connectivity index (χ1v) is 5.96. The average Bonchev–Trinajstić information content (AvgIpc) is 2.29. The van der Waals surface area contributed by atoms with Crippen LogP contribution in [0.2, 0.25) is 0 Å². The number of unbranched alkanes of at least 4 members (excludes halogenated alkanes) is 3. The maximum atomic E-state index is 10.9. The molecule has 0 saturated heterocycles. The van der Waals surface area contributed by atoms with Crippen LogP contribution in [0.4, 0.5) is 0 Å². The van der Waals surface area contributed by atoms with E-state index in [1.54, 1.807) is 6.92 Å². The van der Waals surface area contributed by atoms with Gasteiger partial charge >= 0.3 is 5.97 Å². The molecule has 0 aliphatic heterocycles. The van der Waals surface area contributed by atoms with Crippen LogP contribution in [0.5, 0.6) is 0 Å². The largest absolute Gasteiger partial charge is 0.462 e. The van der Waals surface area contributed by atoms with Crippen molar-refractivity contribution < 1.29 is 14.6 Å². The third-order valence-electron chi connectivity index (χ3n) is 1.90. The van der Waals surface area contributed by atoms with Crippen LogP contribution >= 0.6 is 0 Å². The summed E-state index contributed by atoms with van der Waals surface area (Å²) < 4.78 is 4.65. The van der Waals surface area contributed by atoms with Crippen molar-refractivity contribution in [3.63, 3.8) is 0 Å². The van der Waals surface area contributed by atoms with Gasteiger partial charge in [0.1, 0.15) is 6.10 Å². The normalized spacial score (nSPS) is 10.5. The number of hydrogen-bond donors (Lipinski definition) is 1. The molecule has 17 heavy (non-hydrogen) atoms. The molecule has 3 nitrogen and oxygen atoms in total. The van der Waals surface area contributed by atoms with E-state index in [9.17, 15) is 9.90 Å². The van der Waals surface area contributed by atoms with E-state index in [1.165, 1.54) is 6.08 Å². The first-order chi connectivity index (χ1) is 8.20. The van der Waals surface area contributed by atoms with E-state index in [0.717, 1.165) is 31.8 Å². The lowest BCUT2D eigenvalue weighted by Gasteiger charge is -1.93. The molecule has 3 heteroatoms. The van der Waals surface area contributed by atoms with Crippen LogP contribution in [0.3, 0.4) is 0 Å². The molecule has 1 unspecified atom stereocenters. The summed E-state index contributed by atoms with van der Waals surface area (Å²) in [6, 6.07) is 0. The van der Waals surface area contributed by atoms with Gasteiger partial charge in [-0.1, -0.05) is 25.7 Å². The lowest BCUT2D eigenvalue weighted by molar-refractivity contribution is -0.137. The number of esters is 1. The van der Waals surface area contributed by atoms with E-state index in [2.05, 4.69) is 29.2 Å². The van der Waals surface area contributed by atoms with Gasteiger partial charge in [-0.2, -0.15) is 0 Å². The Labute approximate surface area is 103 Å². The maximum Gasteiger partial charge on any atom is 0.338 e. The fourth-order valence-corrected chi connectivity index (χ4v) is 1.07. The molecule has 94 valence electrons. The highest BCUT2D eigenvalue weighted by Crippen LogP contribution is 1.96. The molecule has 1 N–H and O–H groups in total. The first kappa shape index (κ1) is 15.5. The zero-order valence-corrected chi connectivity index (χ0v) is 10.5. The van der Waals surface area contributed by atoms with E-state index < -0.39 is 12.1 Å². The van der Waals surface area contributed by atoms with Gasteiger partial charge < -0.3 is 9.84 Å². The van der Waals surface area contributed by atoms with Gasteiger partial charge in [0, 0.05) is 6.42 Å². The van der Waals surface area contributed by atoms with Crippen molar-refractivity contribution in [3.8, 4) is 11.8 Å². The van der Waals surface area contributed by atoms with Gasteiger partial charge in [0.05, 0.1) is 12.7 Å². The summed E-state index contributed by atoms with van der Waals surface area (Å²) in [6.07, 6.45) is 5.77. The summed E-state index contributed by atoms with van der Waals surface area (Å²) in [6.45, 7) is 4.19. The third-order valence-corrected chi connectivity index (χ3v) is 1.90.